The molecule has 132 valence electrons. The number of hydrogen-bond acceptors (Lipinski definition) is 4. The second-order valence-electron chi connectivity index (χ2n) is 6.19. The maximum absolute atomic E-state index is 12.5. The molecule has 6 nitrogen and oxygen atoms in total. The second-order valence-corrected chi connectivity index (χ2v) is 6.19. The highest BCUT2D eigenvalue weighted by molar-refractivity contribution is 5.95. The van der Waals surface area contributed by atoms with Gasteiger partial charge in [-0.25, -0.2) is 0 Å². The molecule has 0 bridgehead atoms. The van der Waals surface area contributed by atoms with Gasteiger partial charge in [-0.05, 0) is 43.0 Å². The normalized spacial score (nSPS) is 11.9. The van der Waals surface area contributed by atoms with Gasteiger partial charge in [-0.15, -0.1) is 0 Å². The lowest BCUT2D eigenvalue weighted by Crippen LogP contribution is -2.30. The second kappa shape index (κ2) is 7.79. The molecule has 0 radical (unpaired) electrons. The van der Waals surface area contributed by atoms with Gasteiger partial charge in [0.05, 0.1) is 4.92 Å². The van der Waals surface area contributed by atoms with Gasteiger partial charge in [0.1, 0.15) is 5.75 Å². The van der Waals surface area contributed by atoms with E-state index in [-0.39, 0.29) is 17.5 Å². The largest absolute Gasteiger partial charge is 0.481 e. The predicted molar refractivity (Wildman–Crippen MR) is 97.1 cm³/mol. The first-order chi connectivity index (χ1) is 11.8. The standard InChI is InChI=1S/C19H22N2O4/c1-12(2)17-7-5-6-13(3)18(17)20-19(22)14(4)25-16-10-8-15(9-11-16)21(23)24/h5-12,14H,1-4H3,(H,20,22)/t14-/m1/s1. The molecule has 0 fully saturated rings. The van der Waals surface area contributed by atoms with E-state index in [1.165, 1.54) is 24.3 Å². The van der Waals surface area contributed by atoms with Crippen LogP contribution in [0.3, 0.4) is 0 Å². The predicted octanol–water partition coefficient (Wildman–Crippen LogP) is 4.43. The fourth-order valence-corrected chi connectivity index (χ4v) is 2.47. The van der Waals surface area contributed by atoms with Crippen LogP contribution in [0.1, 0.15) is 37.8 Å². The van der Waals surface area contributed by atoms with Crippen molar-refractivity contribution in [3.05, 3.63) is 63.7 Å². The molecule has 1 atom stereocenters. The molecular formula is C19H22N2O4. The van der Waals surface area contributed by atoms with E-state index in [9.17, 15) is 14.9 Å². The monoisotopic (exact) mass is 342 g/mol. The van der Waals surface area contributed by atoms with E-state index in [2.05, 4.69) is 19.2 Å². The number of para-hydroxylation sites is 1. The molecule has 0 heterocycles. The summed E-state index contributed by atoms with van der Waals surface area (Å²) in [7, 11) is 0. The number of anilines is 1. The molecule has 0 aliphatic heterocycles. The van der Waals surface area contributed by atoms with E-state index in [0.29, 0.717) is 5.75 Å². The Balaban J connectivity index is 2.09. The molecule has 1 amide bonds. The zero-order valence-electron chi connectivity index (χ0n) is 14.8. The lowest BCUT2D eigenvalue weighted by molar-refractivity contribution is -0.384. The van der Waals surface area contributed by atoms with Crippen LogP contribution < -0.4 is 10.1 Å². The van der Waals surface area contributed by atoms with Gasteiger partial charge in [0, 0.05) is 17.8 Å². The van der Waals surface area contributed by atoms with Crippen LogP contribution in [0.5, 0.6) is 5.75 Å². The first kappa shape index (κ1) is 18.4. The van der Waals surface area contributed by atoms with E-state index in [1.54, 1.807) is 6.92 Å². The van der Waals surface area contributed by atoms with Crippen molar-refractivity contribution in [2.24, 2.45) is 0 Å². The third-order valence-electron chi connectivity index (χ3n) is 3.90. The topological polar surface area (TPSA) is 81.5 Å². The summed E-state index contributed by atoms with van der Waals surface area (Å²) in [5.41, 5.74) is 2.84. The van der Waals surface area contributed by atoms with E-state index in [0.717, 1.165) is 16.8 Å². The Bertz CT molecular complexity index is 769. The summed E-state index contributed by atoms with van der Waals surface area (Å²) in [6.07, 6.45) is -0.735. The van der Waals surface area contributed by atoms with Crippen LogP contribution in [-0.4, -0.2) is 16.9 Å². The third-order valence-corrected chi connectivity index (χ3v) is 3.90. The fraction of sp³-hybridized carbons (Fsp3) is 0.316. The molecule has 6 heteroatoms. The van der Waals surface area contributed by atoms with E-state index >= 15 is 0 Å². The van der Waals surface area contributed by atoms with Gasteiger partial charge in [0.2, 0.25) is 0 Å². The summed E-state index contributed by atoms with van der Waals surface area (Å²) in [5.74, 6) is 0.415. The van der Waals surface area contributed by atoms with Crippen LogP contribution in [0.15, 0.2) is 42.5 Å². The van der Waals surface area contributed by atoms with E-state index in [1.807, 2.05) is 25.1 Å². The van der Waals surface area contributed by atoms with Crippen LogP contribution in [0, 0.1) is 17.0 Å². The van der Waals surface area contributed by atoms with Crippen molar-refractivity contribution in [2.45, 2.75) is 39.7 Å². The Morgan fingerprint density at radius 1 is 1.12 bits per heavy atom. The highest BCUT2D eigenvalue weighted by Gasteiger charge is 2.18. The number of rotatable bonds is 6. The first-order valence-electron chi connectivity index (χ1n) is 8.11. The van der Waals surface area contributed by atoms with Crippen molar-refractivity contribution in [2.75, 3.05) is 5.32 Å². The molecule has 0 spiro atoms. The Labute approximate surface area is 147 Å². The van der Waals surface area contributed by atoms with Crippen molar-refractivity contribution in [3.8, 4) is 5.75 Å². The molecule has 0 aromatic heterocycles. The number of ether oxygens (including phenoxy) is 1. The maximum atomic E-state index is 12.5. The van der Waals surface area contributed by atoms with Crippen molar-refractivity contribution >= 4 is 17.3 Å². The summed E-state index contributed by atoms with van der Waals surface area (Å²) in [4.78, 5) is 22.7. The number of nitrogens with one attached hydrogen (secondary N) is 1. The SMILES string of the molecule is Cc1cccc(C(C)C)c1NC(=O)[C@@H](C)Oc1ccc([N+](=O)[O-])cc1. The molecule has 2 aromatic carbocycles. The molecule has 0 aliphatic carbocycles. The number of carbonyl (C=O) groups excluding carboxylic acids is 1. The molecule has 0 unspecified atom stereocenters. The van der Waals surface area contributed by atoms with Gasteiger partial charge in [-0.3, -0.25) is 14.9 Å². The van der Waals surface area contributed by atoms with Crippen molar-refractivity contribution in [1.29, 1.82) is 0 Å². The number of nitrogens with zero attached hydrogens (tertiary/aromatic N) is 1. The van der Waals surface area contributed by atoms with Crippen LogP contribution in [-0.2, 0) is 4.79 Å². The van der Waals surface area contributed by atoms with Crippen molar-refractivity contribution < 1.29 is 14.5 Å². The van der Waals surface area contributed by atoms with Crippen LogP contribution >= 0.6 is 0 Å². The van der Waals surface area contributed by atoms with Gasteiger partial charge in [0.25, 0.3) is 11.6 Å². The Morgan fingerprint density at radius 2 is 1.76 bits per heavy atom. The highest BCUT2D eigenvalue weighted by atomic mass is 16.6. The van der Waals surface area contributed by atoms with Gasteiger partial charge < -0.3 is 10.1 Å². The summed E-state index contributed by atoms with van der Waals surface area (Å²) < 4.78 is 5.59. The minimum atomic E-state index is -0.735. The fourth-order valence-electron chi connectivity index (χ4n) is 2.47. The Morgan fingerprint density at radius 3 is 2.32 bits per heavy atom. The van der Waals surface area contributed by atoms with Crippen LogP contribution in [0.4, 0.5) is 11.4 Å². The van der Waals surface area contributed by atoms with Gasteiger partial charge in [-0.2, -0.15) is 0 Å². The number of nitro groups is 1. The maximum Gasteiger partial charge on any atom is 0.269 e. The summed E-state index contributed by atoms with van der Waals surface area (Å²) >= 11 is 0. The smallest absolute Gasteiger partial charge is 0.269 e. The van der Waals surface area contributed by atoms with Crippen LogP contribution in [0.25, 0.3) is 0 Å². The number of non-ortho nitro benzene ring substituents is 1. The summed E-state index contributed by atoms with van der Waals surface area (Å²) in [6, 6.07) is 11.6. The number of benzene rings is 2. The molecule has 0 saturated heterocycles. The average molecular weight is 342 g/mol. The van der Waals surface area contributed by atoms with Crippen molar-refractivity contribution in [1.82, 2.24) is 0 Å². The van der Waals surface area contributed by atoms with Crippen molar-refractivity contribution in [3.63, 3.8) is 0 Å². The first-order valence-corrected chi connectivity index (χ1v) is 8.11. The number of aryl methyl sites for hydroxylation is 1. The molecule has 1 N–H and O–H groups in total. The van der Waals surface area contributed by atoms with E-state index < -0.39 is 11.0 Å². The number of amides is 1. The highest BCUT2D eigenvalue weighted by Crippen LogP contribution is 2.27. The lowest BCUT2D eigenvalue weighted by atomic mass is 9.98. The minimum absolute atomic E-state index is 0.0223. The van der Waals surface area contributed by atoms with Crippen LogP contribution in [0.2, 0.25) is 0 Å². The molecule has 2 aromatic rings. The molecule has 0 aliphatic rings. The number of nitro benzene ring substituents is 1. The quantitative estimate of drug-likeness (QED) is 0.622. The Hall–Kier alpha value is -2.89. The molecule has 25 heavy (non-hydrogen) atoms. The van der Waals surface area contributed by atoms with Gasteiger partial charge >= 0.3 is 0 Å². The third kappa shape index (κ3) is 4.56. The van der Waals surface area contributed by atoms with Gasteiger partial charge in [0.15, 0.2) is 6.10 Å². The number of hydrogen-bond donors (Lipinski definition) is 1. The summed E-state index contributed by atoms with van der Waals surface area (Å²) in [6.45, 7) is 7.73. The average Bonchev–Trinajstić information content (AvgIpc) is 2.56. The molecule has 0 saturated carbocycles. The molecule has 2 rings (SSSR count). The van der Waals surface area contributed by atoms with E-state index in [4.69, 9.17) is 4.74 Å². The van der Waals surface area contributed by atoms with Gasteiger partial charge in [-0.1, -0.05) is 32.0 Å². The summed E-state index contributed by atoms with van der Waals surface area (Å²) in [5, 5.41) is 13.6. The zero-order chi connectivity index (χ0) is 18.6. The molecular weight excluding hydrogens is 320 g/mol. The lowest BCUT2D eigenvalue weighted by Gasteiger charge is -2.19. The number of carbonyl (C=O) groups is 1. The Kier molecular flexibility index (Phi) is 5.75. The zero-order valence-corrected chi connectivity index (χ0v) is 14.8. The minimum Gasteiger partial charge on any atom is -0.481 e.